The van der Waals surface area contributed by atoms with Crippen LogP contribution >= 0.6 is 11.6 Å². The van der Waals surface area contributed by atoms with Gasteiger partial charge in [0.25, 0.3) is 5.56 Å². The Labute approximate surface area is 115 Å². The Morgan fingerprint density at radius 1 is 1.32 bits per heavy atom. The SMILES string of the molecule is Cc1ccn(Cc2ccc(C(N)=O)cc2Cl)c(=O)c1. The third-order valence-electron chi connectivity index (χ3n) is 2.83. The fraction of sp³-hybridized carbons (Fsp3) is 0.143. The molecule has 5 heteroatoms. The summed E-state index contributed by atoms with van der Waals surface area (Å²) in [5.74, 6) is -0.527. The van der Waals surface area contributed by atoms with E-state index >= 15 is 0 Å². The Morgan fingerprint density at radius 2 is 2.05 bits per heavy atom. The molecule has 0 bridgehead atoms. The molecule has 0 radical (unpaired) electrons. The molecule has 1 heterocycles. The van der Waals surface area contributed by atoms with E-state index in [9.17, 15) is 9.59 Å². The highest BCUT2D eigenvalue weighted by Gasteiger charge is 2.07. The number of amides is 1. The number of carbonyl (C=O) groups excluding carboxylic acids is 1. The number of halogens is 1. The van der Waals surface area contributed by atoms with Crippen molar-refractivity contribution in [3.05, 3.63) is 68.6 Å². The van der Waals surface area contributed by atoms with Gasteiger partial charge in [0.2, 0.25) is 5.91 Å². The second kappa shape index (κ2) is 5.28. The van der Waals surface area contributed by atoms with Gasteiger partial charge in [0.15, 0.2) is 0 Å². The number of carbonyl (C=O) groups is 1. The molecule has 1 aromatic carbocycles. The molecule has 98 valence electrons. The zero-order chi connectivity index (χ0) is 14.0. The van der Waals surface area contributed by atoms with Crippen molar-refractivity contribution < 1.29 is 4.79 Å². The summed E-state index contributed by atoms with van der Waals surface area (Å²) in [7, 11) is 0. The van der Waals surface area contributed by atoms with Crippen molar-refractivity contribution >= 4 is 17.5 Å². The topological polar surface area (TPSA) is 65.1 Å². The number of hydrogen-bond acceptors (Lipinski definition) is 2. The highest BCUT2D eigenvalue weighted by Crippen LogP contribution is 2.18. The van der Waals surface area contributed by atoms with E-state index in [1.54, 1.807) is 29.0 Å². The van der Waals surface area contributed by atoms with E-state index in [-0.39, 0.29) is 5.56 Å². The van der Waals surface area contributed by atoms with Gasteiger partial charge in [-0.1, -0.05) is 17.7 Å². The Balaban J connectivity index is 2.33. The second-order valence-electron chi connectivity index (χ2n) is 4.34. The summed E-state index contributed by atoms with van der Waals surface area (Å²) in [6, 6.07) is 8.23. The van der Waals surface area contributed by atoms with Crippen molar-refractivity contribution in [1.29, 1.82) is 0 Å². The largest absolute Gasteiger partial charge is 0.366 e. The normalized spacial score (nSPS) is 10.4. The van der Waals surface area contributed by atoms with Crippen LogP contribution in [0.1, 0.15) is 21.5 Å². The van der Waals surface area contributed by atoms with Crippen LogP contribution in [0.15, 0.2) is 41.3 Å². The van der Waals surface area contributed by atoms with E-state index in [0.29, 0.717) is 17.1 Å². The lowest BCUT2D eigenvalue weighted by atomic mass is 10.1. The van der Waals surface area contributed by atoms with Crippen LogP contribution in [0.4, 0.5) is 0 Å². The van der Waals surface area contributed by atoms with Gasteiger partial charge in [-0.25, -0.2) is 0 Å². The molecule has 0 atom stereocenters. The zero-order valence-electron chi connectivity index (χ0n) is 10.4. The average Bonchev–Trinajstić information content (AvgIpc) is 2.34. The van der Waals surface area contributed by atoms with E-state index < -0.39 is 5.91 Å². The zero-order valence-corrected chi connectivity index (χ0v) is 11.1. The molecule has 2 aromatic rings. The van der Waals surface area contributed by atoms with Crippen molar-refractivity contribution in [2.24, 2.45) is 5.73 Å². The quantitative estimate of drug-likeness (QED) is 0.931. The van der Waals surface area contributed by atoms with Crippen LogP contribution in [0.3, 0.4) is 0 Å². The predicted molar refractivity (Wildman–Crippen MR) is 74.5 cm³/mol. The predicted octanol–water partition coefficient (Wildman–Crippen LogP) is 1.96. The number of aromatic nitrogens is 1. The molecule has 0 aliphatic heterocycles. The Bertz CT molecular complexity index is 692. The Hall–Kier alpha value is -2.07. The van der Waals surface area contributed by atoms with Gasteiger partial charge in [0.05, 0.1) is 6.54 Å². The van der Waals surface area contributed by atoms with E-state index in [1.165, 1.54) is 6.07 Å². The molecule has 2 N–H and O–H groups in total. The maximum Gasteiger partial charge on any atom is 0.251 e. The van der Waals surface area contributed by atoms with Crippen LogP contribution < -0.4 is 11.3 Å². The lowest BCUT2D eigenvalue weighted by Gasteiger charge is -2.08. The van der Waals surface area contributed by atoms with Crippen LogP contribution in [-0.4, -0.2) is 10.5 Å². The van der Waals surface area contributed by atoms with Crippen molar-refractivity contribution in [1.82, 2.24) is 4.57 Å². The fourth-order valence-electron chi connectivity index (χ4n) is 1.75. The van der Waals surface area contributed by atoms with Crippen molar-refractivity contribution in [2.45, 2.75) is 13.5 Å². The molecule has 0 saturated heterocycles. The van der Waals surface area contributed by atoms with Crippen LogP contribution in [0, 0.1) is 6.92 Å². The van der Waals surface area contributed by atoms with E-state index in [2.05, 4.69) is 0 Å². The standard InChI is InChI=1S/C14H13ClN2O2/c1-9-4-5-17(13(18)6-9)8-11-3-2-10(14(16)19)7-12(11)15/h2-7H,8H2,1H3,(H2,16,19). The van der Waals surface area contributed by atoms with Gasteiger partial charge in [0.1, 0.15) is 0 Å². The fourth-order valence-corrected chi connectivity index (χ4v) is 1.99. The molecule has 0 aliphatic rings. The van der Waals surface area contributed by atoms with Gasteiger partial charge in [0, 0.05) is 22.8 Å². The maximum atomic E-state index is 11.8. The minimum Gasteiger partial charge on any atom is -0.366 e. The second-order valence-corrected chi connectivity index (χ2v) is 4.75. The number of pyridine rings is 1. The van der Waals surface area contributed by atoms with Crippen LogP contribution in [0.5, 0.6) is 0 Å². The smallest absolute Gasteiger partial charge is 0.251 e. The first kappa shape index (κ1) is 13.4. The van der Waals surface area contributed by atoms with E-state index in [1.807, 2.05) is 13.0 Å². The van der Waals surface area contributed by atoms with Crippen LogP contribution in [-0.2, 0) is 6.54 Å². The number of aryl methyl sites for hydroxylation is 1. The molecule has 0 unspecified atom stereocenters. The molecule has 1 amide bonds. The first-order valence-electron chi connectivity index (χ1n) is 5.72. The Kier molecular flexibility index (Phi) is 3.71. The minimum absolute atomic E-state index is 0.0879. The summed E-state index contributed by atoms with van der Waals surface area (Å²) >= 11 is 6.08. The maximum absolute atomic E-state index is 11.8. The molecule has 0 saturated carbocycles. The van der Waals surface area contributed by atoms with E-state index in [4.69, 9.17) is 17.3 Å². The minimum atomic E-state index is -0.527. The summed E-state index contributed by atoms with van der Waals surface area (Å²) in [4.78, 5) is 22.8. The summed E-state index contributed by atoms with van der Waals surface area (Å²) in [5, 5.41) is 0.420. The van der Waals surface area contributed by atoms with Crippen LogP contribution in [0.25, 0.3) is 0 Å². The number of primary amides is 1. The summed E-state index contributed by atoms with van der Waals surface area (Å²) < 4.78 is 1.55. The highest BCUT2D eigenvalue weighted by molar-refractivity contribution is 6.31. The molecule has 1 aromatic heterocycles. The lowest BCUT2D eigenvalue weighted by Crippen LogP contribution is -2.19. The van der Waals surface area contributed by atoms with Crippen LogP contribution in [0.2, 0.25) is 5.02 Å². The molecule has 0 spiro atoms. The number of nitrogens with two attached hydrogens (primary N) is 1. The van der Waals surface area contributed by atoms with Crippen molar-refractivity contribution in [3.8, 4) is 0 Å². The first-order chi connectivity index (χ1) is 8.97. The molecular weight excluding hydrogens is 264 g/mol. The third kappa shape index (κ3) is 3.03. The summed E-state index contributed by atoms with van der Waals surface area (Å²) in [5.41, 5.74) is 7.11. The van der Waals surface area contributed by atoms with Crippen molar-refractivity contribution in [3.63, 3.8) is 0 Å². The molecule has 2 rings (SSSR count). The number of hydrogen-bond donors (Lipinski definition) is 1. The van der Waals surface area contributed by atoms with E-state index in [0.717, 1.165) is 11.1 Å². The van der Waals surface area contributed by atoms with Gasteiger partial charge in [-0.15, -0.1) is 0 Å². The van der Waals surface area contributed by atoms with Gasteiger partial charge in [-0.2, -0.15) is 0 Å². The Morgan fingerprint density at radius 3 is 2.63 bits per heavy atom. The first-order valence-corrected chi connectivity index (χ1v) is 6.10. The molecule has 4 nitrogen and oxygen atoms in total. The van der Waals surface area contributed by atoms with Gasteiger partial charge >= 0.3 is 0 Å². The van der Waals surface area contributed by atoms with Gasteiger partial charge in [-0.3, -0.25) is 9.59 Å². The monoisotopic (exact) mass is 276 g/mol. The molecular formula is C14H13ClN2O2. The number of rotatable bonds is 3. The molecule has 0 aliphatic carbocycles. The molecule has 0 fully saturated rings. The van der Waals surface area contributed by atoms with Gasteiger partial charge in [-0.05, 0) is 36.2 Å². The molecule has 19 heavy (non-hydrogen) atoms. The summed E-state index contributed by atoms with van der Waals surface area (Å²) in [6.45, 7) is 2.22. The summed E-state index contributed by atoms with van der Waals surface area (Å²) in [6.07, 6.45) is 1.72. The number of nitrogens with zero attached hydrogens (tertiary/aromatic N) is 1. The number of benzene rings is 1. The van der Waals surface area contributed by atoms with Gasteiger partial charge < -0.3 is 10.3 Å². The lowest BCUT2D eigenvalue weighted by molar-refractivity contribution is 0.100. The average molecular weight is 277 g/mol. The third-order valence-corrected chi connectivity index (χ3v) is 3.18. The van der Waals surface area contributed by atoms with Crippen molar-refractivity contribution in [2.75, 3.05) is 0 Å². The highest BCUT2D eigenvalue weighted by atomic mass is 35.5.